The van der Waals surface area contributed by atoms with Crippen LogP contribution in [0.5, 0.6) is 5.75 Å². The van der Waals surface area contributed by atoms with Crippen molar-refractivity contribution in [3.05, 3.63) is 107 Å². The van der Waals surface area contributed by atoms with E-state index in [1.54, 1.807) is 68.4 Å². The lowest BCUT2D eigenvalue weighted by molar-refractivity contribution is -0.114. The number of halogens is 1. The first-order chi connectivity index (χ1) is 19.4. The van der Waals surface area contributed by atoms with E-state index >= 15 is 0 Å². The van der Waals surface area contributed by atoms with E-state index in [0.717, 1.165) is 9.87 Å². The van der Waals surface area contributed by atoms with E-state index in [0.29, 0.717) is 16.3 Å². The minimum atomic E-state index is -4.16. The van der Waals surface area contributed by atoms with Crippen LogP contribution in [0.2, 0.25) is 5.02 Å². The summed E-state index contributed by atoms with van der Waals surface area (Å²) in [6.45, 7) is 2.94. The molecule has 4 aromatic rings. The summed E-state index contributed by atoms with van der Waals surface area (Å²) in [4.78, 5) is 13.1. The van der Waals surface area contributed by atoms with Crippen molar-refractivity contribution in [1.29, 1.82) is 0 Å². The van der Waals surface area contributed by atoms with Crippen molar-refractivity contribution in [2.24, 2.45) is 0 Å². The zero-order valence-corrected chi connectivity index (χ0v) is 24.8. The van der Waals surface area contributed by atoms with Crippen LogP contribution >= 0.6 is 11.6 Å². The summed E-state index contributed by atoms with van der Waals surface area (Å²) < 4.78 is 62.0. The van der Waals surface area contributed by atoms with Crippen molar-refractivity contribution in [3.63, 3.8) is 0 Å². The van der Waals surface area contributed by atoms with E-state index in [2.05, 4.69) is 10.0 Å². The summed E-state index contributed by atoms with van der Waals surface area (Å²) in [6.07, 6.45) is 0. The molecule has 214 valence electrons. The van der Waals surface area contributed by atoms with Crippen LogP contribution in [0.15, 0.2) is 101 Å². The first-order valence-electron chi connectivity index (χ1n) is 12.3. The van der Waals surface area contributed by atoms with Gasteiger partial charge in [-0.2, -0.15) is 0 Å². The number of sulfonamides is 2. The molecule has 0 aliphatic carbocycles. The lowest BCUT2D eigenvalue weighted by Gasteiger charge is -2.26. The third-order valence-corrected chi connectivity index (χ3v) is 9.75. The number of nitrogens with zero attached hydrogens (tertiary/aromatic N) is 1. The highest BCUT2D eigenvalue weighted by Crippen LogP contribution is 2.33. The zero-order chi connectivity index (χ0) is 29.8. The zero-order valence-electron chi connectivity index (χ0n) is 22.5. The molecular formula is C29H28ClN3O6S2. The number of rotatable bonds is 10. The molecule has 12 heteroatoms. The first-order valence-corrected chi connectivity index (χ1v) is 15.6. The summed E-state index contributed by atoms with van der Waals surface area (Å²) in [6, 6.07) is 23.2. The van der Waals surface area contributed by atoms with Crippen molar-refractivity contribution < 1.29 is 26.4 Å². The Hall–Kier alpha value is -4.06. The second-order valence-electron chi connectivity index (χ2n) is 9.09. The third-order valence-electron chi connectivity index (χ3n) is 6.18. The summed E-state index contributed by atoms with van der Waals surface area (Å²) in [5.74, 6) is -0.365. The Morgan fingerprint density at radius 3 is 2.20 bits per heavy atom. The molecule has 1 amide bonds. The number of hydrogen-bond donors (Lipinski definition) is 2. The monoisotopic (exact) mass is 613 g/mol. The molecular weight excluding hydrogens is 586 g/mol. The number of ether oxygens (including phenoxy) is 1. The summed E-state index contributed by atoms with van der Waals surface area (Å²) in [5.41, 5.74) is 2.19. The van der Waals surface area contributed by atoms with Gasteiger partial charge in [-0.25, -0.2) is 16.8 Å². The van der Waals surface area contributed by atoms with Crippen LogP contribution in [0.3, 0.4) is 0 Å². The van der Waals surface area contributed by atoms with Crippen LogP contribution in [0.4, 0.5) is 17.1 Å². The Morgan fingerprint density at radius 2 is 1.54 bits per heavy atom. The fourth-order valence-electron chi connectivity index (χ4n) is 3.98. The number of carbonyl (C=O) groups is 1. The molecule has 4 rings (SSSR count). The van der Waals surface area contributed by atoms with Crippen LogP contribution < -0.4 is 19.1 Å². The molecule has 0 heterocycles. The van der Waals surface area contributed by atoms with Gasteiger partial charge in [0.2, 0.25) is 5.91 Å². The molecule has 0 aliphatic heterocycles. The van der Waals surface area contributed by atoms with Gasteiger partial charge in [0.1, 0.15) is 12.3 Å². The average molecular weight is 614 g/mol. The predicted octanol–water partition coefficient (Wildman–Crippen LogP) is 5.60. The molecule has 4 aromatic carbocycles. The predicted molar refractivity (Wildman–Crippen MR) is 161 cm³/mol. The van der Waals surface area contributed by atoms with E-state index in [4.69, 9.17) is 16.3 Å². The van der Waals surface area contributed by atoms with E-state index in [-0.39, 0.29) is 26.9 Å². The molecule has 9 nitrogen and oxygen atoms in total. The molecule has 0 aromatic heterocycles. The van der Waals surface area contributed by atoms with Gasteiger partial charge in [-0.05, 0) is 85.6 Å². The quantitative estimate of drug-likeness (QED) is 0.240. The summed E-state index contributed by atoms with van der Waals surface area (Å²) >= 11 is 6.10. The van der Waals surface area contributed by atoms with Crippen molar-refractivity contribution in [3.8, 4) is 5.75 Å². The number of amides is 1. The maximum atomic E-state index is 13.7. The van der Waals surface area contributed by atoms with E-state index in [1.165, 1.54) is 43.5 Å². The van der Waals surface area contributed by atoms with Gasteiger partial charge in [0.05, 0.1) is 28.3 Å². The van der Waals surface area contributed by atoms with Crippen LogP contribution in [-0.2, 0) is 24.8 Å². The SMILES string of the molecule is COc1ccc(C)cc1N(CC(=O)Nc1ccc(S(=O)(=O)Nc2cccc(Cl)c2C)cc1)S(=O)(=O)c1ccccc1. The lowest BCUT2D eigenvalue weighted by Crippen LogP contribution is -2.38. The van der Waals surface area contributed by atoms with Gasteiger partial charge in [-0.1, -0.05) is 41.9 Å². The van der Waals surface area contributed by atoms with E-state index < -0.39 is 32.5 Å². The van der Waals surface area contributed by atoms with E-state index in [1.807, 2.05) is 0 Å². The number of hydrogen-bond acceptors (Lipinski definition) is 6. The maximum absolute atomic E-state index is 13.7. The smallest absolute Gasteiger partial charge is 0.264 e. The molecule has 0 fully saturated rings. The number of carbonyl (C=O) groups excluding carboxylic acids is 1. The molecule has 0 saturated carbocycles. The third kappa shape index (κ3) is 6.82. The number of aryl methyl sites for hydroxylation is 1. The van der Waals surface area contributed by atoms with E-state index in [9.17, 15) is 21.6 Å². The highest BCUT2D eigenvalue weighted by Gasteiger charge is 2.29. The average Bonchev–Trinajstić information content (AvgIpc) is 2.95. The molecule has 0 atom stereocenters. The molecule has 41 heavy (non-hydrogen) atoms. The van der Waals surface area contributed by atoms with Crippen LogP contribution in [0.1, 0.15) is 11.1 Å². The van der Waals surface area contributed by atoms with Crippen molar-refractivity contribution in [2.45, 2.75) is 23.6 Å². The Balaban J connectivity index is 1.58. The second kappa shape index (κ2) is 12.2. The normalized spacial score (nSPS) is 11.5. The molecule has 0 radical (unpaired) electrons. The summed E-state index contributed by atoms with van der Waals surface area (Å²) in [7, 11) is -6.68. The minimum absolute atomic E-state index is 0.00774. The maximum Gasteiger partial charge on any atom is 0.264 e. The van der Waals surface area contributed by atoms with Gasteiger partial charge in [-0.15, -0.1) is 0 Å². The van der Waals surface area contributed by atoms with Gasteiger partial charge >= 0.3 is 0 Å². The van der Waals surface area contributed by atoms with Gasteiger partial charge in [0.25, 0.3) is 20.0 Å². The summed E-state index contributed by atoms with van der Waals surface area (Å²) in [5, 5.41) is 3.07. The van der Waals surface area contributed by atoms with Crippen LogP contribution in [0.25, 0.3) is 0 Å². The number of anilines is 3. The molecule has 0 spiro atoms. The minimum Gasteiger partial charge on any atom is -0.495 e. The van der Waals surface area contributed by atoms with Crippen LogP contribution in [0, 0.1) is 13.8 Å². The molecule has 2 N–H and O–H groups in total. The Morgan fingerprint density at radius 1 is 0.854 bits per heavy atom. The topological polar surface area (TPSA) is 122 Å². The lowest BCUT2D eigenvalue weighted by atomic mass is 10.2. The van der Waals surface area contributed by atoms with Crippen molar-refractivity contribution in [1.82, 2.24) is 0 Å². The standard InChI is InChI=1S/C29H28ClN3O6S2/c1-20-12-17-28(39-3)27(18-20)33(41(37,38)24-8-5-4-6-9-24)19-29(34)31-22-13-15-23(16-14-22)40(35,36)32-26-11-7-10-25(30)21(26)2/h4-18,32H,19H2,1-3H3,(H,31,34). The van der Waals surface area contributed by atoms with Crippen molar-refractivity contribution >= 4 is 54.6 Å². The Labute approximate surface area is 244 Å². The highest BCUT2D eigenvalue weighted by molar-refractivity contribution is 7.93. The fraction of sp³-hybridized carbons (Fsp3) is 0.138. The first kappa shape index (κ1) is 29.9. The van der Waals surface area contributed by atoms with Gasteiger partial charge in [0.15, 0.2) is 0 Å². The molecule has 0 aliphatic rings. The van der Waals surface area contributed by atoms with Gasteiger partial charge < -0.3 is 10.1 Å². The Kier molecular flexibility index (Phi) is 8.91. The molecule has 0 unspecified atom stereocenters. The van der Waals surface area contributed by atoms with Gasteiger partial charge in [-0.3, -0.25) is 13.8 Å². The van der Waals surface area contributed by atoms with Crippen LogP contribution in [-0.4, -0.2) is 36.4 Å². The number of methoxy groups -OCH3 is 1. The molecule has 0 bridgehead atoms. The number of benzene rings is 4. The second-order valence-corrected chi connectivity index (χ2v) is 13.0. The number of nitrogens with one attached hydrogen (secondary N) is 2. The highest BCUT2D eigenvalue weighted by atomic mass is 35.5. The Bertz CT molecular complexity index is 1780. The molecule has 0 saturated heterocycles. The fourth-order valence-corrected chi connectivity index (χ4v) is 6.73. The van der Waals surface area contributed by atoms with Crippen molar-refractivity contribution in [2.75, 3.05) is 28.0 Å². The van der Waals surface area contributed by atoms with Gasteiger partial charge in [0, 0.05) is 10.7 Å². The largest absolute Gasteiger partial charge is 0.495 e.